The van der Waals surface area contributed by atoms with Crippen molar-refractivity contribution in [2.24, 2.45) is 45.8 Å². The van der Waals surface area contributed by atoms with Crippen LogP contribution in [0.1, 0.15) is 79.6 Å². The van der Waals surface area contributed by atoms with Crippen LogP contribution in [0.2, 0.25) is 0 Å². The van der Waals surface area contributed by atoms with E-state index >= 15 is 0 Å². The van der Waals surface area contributed by atoms with Gasteiger partial charge in [0, 0.05) is 0 Å². The van der Waals surface area contributed by atoms with Crippen molar-refractivity contribution in [1.82, 2.24) is 0 Å². The maximum Gasteiger partial charge on any atom is 0.403 e. The summed E-state index contributed by atoms with van der Waals surface area (Å²) in [4.78, 5) is 41.4. The molecule has 288 valence electrons. The smallest absolute Gasteiger partial charge is 0.403 e. The minimum atomic E-state index is -5.69. The van der Waals surface area contributed by atoms with E-state index in [2.05, 4.69) is 4.74 Å². The summed E-state index contributed by atoms with van der Waals surface area (Å²) < 4.78 is 96.1. The first-order valence-electron chi connectivity index (χ1n) is 18.2. The molecule has 0 spiro atoms. The zero-order chi connectivity index (χ0) is 38.7. The van der Waals surface area contributed by atoms with Crippen LogP contribution in [0.4, 0.5) is 26.3 Å². The van der Waals surface area contributed by atoms with Gasteiger partial charge in [-0.15, -0.1) is 0 Å². The van der Waals surface area contributed by atoms with Crippen LogP contribution in [-0.2, 0) is 23.9 Å². The molecule has 0 N–H and O–H groups in total. The first-order chi connectivity index (χ1) is 24.6. The fraction of sp³-hybridized carbons (Fsp3) is 0.585. The molecule has 6 nitrogen and oxygen atoms in total. The van der Waals surface area contributed by atoms with Gasteiger partial charge in [-0.05, 0) is 143 Å². The summed E-state index contributed by atoms with van der Waals surface area (Å²) in [5, 5.41) is 3.84. The van der Waals surface area contributed by atoms with Crippen LogP contribution in [0.15, 0.2) is 54.6 Å². The molecule has 6 unspecified atom stereocenters. The quantitative estimate of drug-likeness (QED) is 0.0841. The molecule has 3 saturated carbocycles. The fourth-order valence-corrected chi connectivity index (χ4v) is 9.68. The van der Waals surface area contributed by atoms with E-state index in [0.717, 1.165) is 47.2 Å². The van der Waals surface area contributed by atoms with Crippen molar-refractivity contribution < 1.29 is 54.9 Å². The van der Waals surface area contributed by atoms with E-state index in [1.54, 1.807) is 26.0 Å². The van der Waals surface area contributed by atoms with Crippen LogP contribution in [0, 0.1) is 45.8 Å². The number of rotatable bonds is 11. The number of halogens is 6. The van der Waals surface area contributed by atoms with Crippen molar-refractivity contribution in [1.29, 1.82) is 0 Å². The number of alkyl halides is 6. The monoisotopic (exact) mass is 748 g/mol. The lowest BCUT2D eigenvalue weighted by Crippen LogP contribution is -2.46. The lowest BCUT2D eigenvalue weighted by Gasteiger charge is -2.40. The van der Waals surface area contributed by atoms with Crippen LogP contribution in [0.5, 0.6) is 5.75 Å². The highest BCUT2D eigenvalue weighted by Crippen LogP contribution is 2.60. The van der Waals surface area contributed by atoms with Gasteiger partial charge in [0.15, 0.2) is 5.92 Å². The van der Waals surface area contributed by atoms with Gasteiger partial charge in [-0.1, -0.05) is 36.8 Å². The summed E-state index contributed by atoms with van der Waals surface area (Å²) in [5.41, 5.74) is -4.71. The zero-order valence-corrected chi connectivity index (χ0v) is 30.5. The highest BCUT2D eigenvalue weighted by Gasteiger charge is 2.59. The van der Waals surface area contributed by atoms with Gasteiger partial charge in [-0.2, -0.15) is 26.3 Å². The number of ether oxygens (including phenoxy) is 3. The second-order valence-corrected chi connectivity index (χ2v) is 17.1. The van der Waals surface area contributed by atoms with Gasteiger partial charge < -0.3 is 14.2 Å². The van der Waals surface area contributed by atoms with E-state index in [4.69, 9.17) is 9.47 Å². The maximum atomic E-state index is 14.3. The summed E-state index contributed by atoms with van der Waals surface area (Å²) in [6.07, 6.45) is -7.30. The van der Waals surface area contributed by atoms with Gasteiger partial charge in [0.2, 0.25) is 0 Å². The molecule has 6 rings (SSSR count). The topological polar surface area (TPSA) is 78.9 Å². The third-order valence-corrected chi connectivity index (χ3v) is 11.9. The first kappa shape index (κ1) is 38.9. The zero-order valence-electron chi connectivity index (χ0n) is 30.5. The highest BCUT2D eigenvalue weighted by molar-refractivity contribution is 5.99. The predicted octanol–water partition coefficient (Wildman–Crippen LogP) is 10.4. The molecule has 6 atom stereocenters. The van der Waals surface area contributed by atoms with Gasteiger partial charge in [-0.3, -0.25) is 14.4 Å². The molecule has 12 heteroatoms. The summed E-state index contributed by atoms with van der Waals surface area (Å²) in [6.45, 7) is 5.31. The third-order valence-electron chi connectivity index (χ3n) is 11.9. The molecule has 0 saturated heterocycles. The SMILES string of the molecule is CC(C)(CC(C)(CC(C)(C)C(=O)Oc1ccc2cc3ccccc3cc2c1)C(=O)OC1CC2CC1C1CCCC21)C(=O)OCC(C(F)(F)F)C(F)(F)F. The second kappa shape index (κ2) is 13.8. The van der Waals surface area contributed by atoms with Crippen molar-refractivity contribution in [3.63, 3.8) is 0 Å². The third kappa shape index (κ3) is 8.02. The molecule has 0 radical (unpaired) electrons. The molecule has 2 bridgehead atoms. The van der Waals surface area contributed by atoms with Crippen molar-refractivity contribution in [3.8, 4) is 5.75 Å². The Labute approximate surface area is 304 Å². The molecular formula is C41H46F6O6. The van der Waals surface area contributed by atoms with Crippen LogP contribution >= 0.6 is 0 Å². The van der Waals surface area contributed by atoms with Crippen molar-refractivity contribution >= 4 is 39.5 Å². The van der Waals surface area contributed by atoms with Crippen LogP contribution < -0.4 is 4.74 Å². The van der Waals surface area contributed by atoms with E-state index in [-0.39, 0.29) is 30.6 Å². The van der Waals surface area contributed by atoms with Crippen LogP contribution in [-0.4, -0.2) is 43.0 Å². The maximum absolute atomic E-state index is 14.3. The molecule has 3 aliphatic rings. The summed E-state index contributed by atoms with van der Waals surface area (Å²) in [6, 6.07) is 17.1. The molecule has 3 fully saturated rings. The van der Waals surface area contributed by atoms with Crippen molar-refractivity contribution in [3.05, 3.63) is 54.6 Å². The molecule has 53 heavy (non-hydrogen) atoms. The molecule has 3 aliphatic carbocycles. The number of esters is 3. The van der Waals surface area contributed by atoms with Gasteiger partial charge in [0.25, 0.3) is 0 Å². The lowest BCUT2D eigenvalue weighted by atomic mass is 9.66. The molecule has 0 amide bonds. The standard InChI is InChI=1S/C41H46F6O6/c1-37(2,34(48)51-20-33(40(42,43)44)41(45,46)47)21-39(5,36(50)53-32-19-27-18-31(32)30-12-8-11-29(27)30)22-38(3,4)35(49)52-28-14-13-25-15-23-9-6-7-10-24(23)16-26(25)17-28/h6-7,9-10,13-17,27,29-33H,8,11-12,18-22H2,1-5H3. The van der Waals surface area contributed by atoms with Crippen molar-refractivity contribution in [2.75, 3.05) is 6.61 Å². The number of benzene rings is 3. The molecule has 0 heterocycles. The Bertz CT molecular complexity index is 1870. The minimum absolute atomic E-state index is 0.198. The van der Waals surface area contributed by atoms with Gasteiger partial charge in [-0.25, -0.2) is 0 Å². The molecule has 3 aromatic rings. The van der Waals surface area contributed by atoms with E-state index < -0.39 is 59.0 Å². The first-order valence-corrected chi connectivity index (χ1v) is 18.2. The Morgan fingerprint density at radius 2 is 1.25 bits per heavy atom. The molecule has 3 aromatic carbocycles. The average Bonchev–Trinajstić information content (AvgIpc) is 3.77. The number of fused-ring (bicyclic) bond motifs is 7. The Hall–Kier alpha value is -3.83. The molecule has 0 aromatic heterocycles. The number of carbonyl (C=O) groups excluding carboxylic acids is 3. The largest absolute Gasteiger partial charge is 0.464 e. The molecule has 0 aliphatic heterocycles. The average molecular weight is 749 g/mol. The lowest BCUT2D eigenvalue weighted by molar-refractivity contribution is -0.293. The minimum Gasteiger partial charge on any atom is -0.464 e. The van der Waals surface area contributed by atoms with Crippen LogP contribution in [0.25, 0.3) is 21.5 Å². The normalized spacial score (nSPS) is 24.3. The van der Waals surface area contributed by atoms with Crippen molar-refractivity contribution in [2.45, 2.75) is 98.0 Å². The Morgan fingerprint density at radius 3 is 1.87 bits per heavy atom. The van der Waals surface area contributed by atoms with E-state index in [1.807, 2.05) is 42.5 Å². The Morgan fingerprint density at radius 1 is 0.679 bits per heavy atom. The van der Waals surface area contributed by atoms with E-state index in [9.17, 15) is 40.7 Å². The summed E-state index contributed by atoms with van der Waals surface area (Å²) >= 11 is 0. The van der Waals surface area contributed by atoms with E-state index in [1.165, 1.54) is 20.8 Å². The fourth-order valence-electron chi connectivity index (χ4n) is 9.68. The Kier molecular flexibility index (Phi) is 10.1. The van der Waals surface area contributed by atoms with Gasteiger partial charge in [0.1, 0.15) is 18.5 Å². The number of hydrogen-bond acceptors (Lipinski definition) is 6. The van der Waals surface area contributed by atoms with Gasteiger partial charge in [0.05, 0.1) is 16.2 Å². The number of hydrogen-bond donors (Lipinski definition) is 0. The highest BCUT2D eigenvalue weighted by atomic mass is 19.4. The summed E-state index contributed by atoms with van der Waals surface area (Å²) in [5.74, 6) is -4.57. The predicted molar refractivity (Wildman–Crippen MR) is 185 cm³/mol. The Balaban J connectivity index is 1.22. The van der Waals surface area contributed by atoms with Gasteiger partial charge >= 0.3 is 30.3 Å². The number of carbonyl (C=O) groups is 3. The summed E-state index contributed by atoms with van der Waals surface area (Å²) in [7, 11) is 0. The molecular weight excluding hydrogens is 702 g/mol. The van der Waals surface area contributed by atoms with E-state index in [0.29, 0.717) is 24.2 Å². The van der Waals surface area contributed by atoms with Crippen LogP contribution in [0.3, 0.4) is 0 Å². The second-order valence-electron chi connectivity index (χ2n) is 17.1.